The number of likely N-dealkylation sites (N-methyl/N-ethyl adjacent to an activating group) is 1. The van der Waals surface area contributed by atoms with Gasteiger partial charge in [-0.1, -0.05) is 76.9 Å². The number of esters is 1. The predicted octanol–water partition coefficient (Wildman–Crippen LogP) is 6.61. The highest BCUT2D eigenvalue weighted by atomic mass is 35.5. The maximum atomic E-state index is 14.2. The number of benzene rings is 1. The molecule has 4 bridgehead atoms. The van der Waals surface area contributed by atoms with Gasteiger partial charge in [0.15, 0.2) is 5.72 Å². The van der Waals surface area contributed by atoms with Crippen LogP contribution in [-0.2, 0) is 39.8 Å². The molecule has 57 heavy (non-hydrogen) atoms. The summed E-state index contributed by atoms with van der Waals surface area (Å²) < 4.78 is 29.3. The molecule has 4 rings (SSSR count). The summed E-state index contributed by atoms with van der Waals surface area (Å²) in [6.07, 6.45) is 1.80. The average molecular weight is 836 g/mol. The Bertz CT molecular complexity index is 1750. The molecule has 15 heteroatoms. The van der Waals surface area contributed by atoms with Crippen LogP contribution < -0.4 is 15.0 Å². The number of carbonyl (C=O) groups is 4. The van der Waals surface area contributed by atoms with Gasteiger partial charge in [0, 0.05) is 49.5 Å². The van der Waals surface area contributed by atoms with E-state index >= 15 is 0 Å². The van der Waals surface area contributed by atoms with Crippen LogP contribution >= 0.6 is 23.4 Å². The predicted molar refractivity (Wildman–Crippen MR) is 222 cm³/mol. The molecular formula is C42H62ClN3O10S. The van der Waals surface area contributed by atoms with Crippen LogP contribution in [0.2, 0.25) is 5.02 Å². The van der Waals surface area contributed by atoms with Crippen LogP contribution in [0.15, 0.2) is 35.9 Å². The number of amides is 3. The van der Waals surface area contributed by atoms with E-state index in [-0.39, 0.29) is 39.7 Å². The summed E-state index contributed by atoms with van der Waals surface area (Å²) in [7, 11) is 6.09. The quantitative estimate of drug-likeness (QED) is 0.204. The molecule has 2 fully saturated rings. The topological polar surface area (TPSA) is 156 Å². The first-order chi connectivity index (χ1) is 26.3. The van der Waals surface area contributed by atoms with Crippen molar-refractivity contribution in [2.45, 2.75) is 146 Å². The maximum Gasteiger partial charge on any atom is 0.409 e. The van der Waals surface area contributed by atoms with Crippen molar-refractivity contribution in [2.24, 2.45) is 5.92 Å². The van der Waals surface area contributed by atoms with Crippen molar-refractivity contribution in [3.8, 4) is 5.75 Å². The van der Waals surface area contributed by atoms with Crippen LogP contribution in [0, 0.1) is 5.92 Å². The number of aliphatic hydroxyl groups is 1. The lowest BCUT2D eigenvalue weighted by atomic mass is 9.83. The normalized spacial score (nSPS) is 30.5. The summed E-state index contributed by atoms with van der Waals surface area (Å²) in [4.78, 5) is 57.3. The lowest BCUT2D eigenvalue weighted by Crippen LogP contribution is -2.63. The molecule has 0 aliphatic carbocycles. The van der Waals surface area contributed by atoms with Crippen molar-refractivity contribution in [3.05, 3.63) is 46.5 Å². The van der Waals surface area contributed by atoms with Crippen LogP contribution in [0.25, 0.3) is 0 Å². The molecule has 3 heterocycles. The highest BCUT2D eigenvalue weighted by molar-refractivity contribution is 8.01. The fourth-order valence-corrected chi connectivity index (χ4v) is 9.86. The van der Waals surface area contributed by atoms with E-state index in [1.54, 1.807) is 64.0 Å². The maximum absolute atomic E-state index is 14.2. The molecule has 13 nitrogen and oxygen atoms in total. The summed E-state index contributed by atoms with van der Waals surface area (Å²) >= 11 is 8.59. The minimum absolute atomic E-state index is 0.0109. The van der Waals surface area contributed by atoms with Gasteiger partial charge in [-0.2, -0.15) is 0 Å². The third kappa shape index (κ3) is 11.3. The van der Waals surface area contributed by atoms with E-state index in [1.807, 2.05) is 19.9 Å². The first kappa shape index (κ1) is 46.4. The number of alkyl carbamates (subject to hydrolysis) is 1. The Morgan fingerprint density at radius 1 is 1.19 bits per heavy atom. The number of hydrogen-bond donors (Lipinski definition) is 2. The molecule has 0 saturated carbocycles. The van der Waals surface area contributed by atoms with E-state index in [0.717, 1.165) is 11.1 Å². The number of epoxide rings is 1. The standard InChI is InChI=1S/C42H62ClN3O10S/c1-24-15-14-16-31(53-13)42(51)23-30(54-38(50)44-42)25(2)36-41(9,56-36)32(22-34(48)46(11)28-20-27(19-24)21-29(52-12)35(28)43)55-37(49)26(3)45(10)33(47)17-18-40(7,8)57-39(4,5)6/h14-16,20-21,25-26,30-32,36,51H,17-19,22-23H2,1-13H3,(H,44,50)/b16-14+,24-15+/t25-,26+,30+,31-,32+,36+,41+,42+/m1/s1. The van der Waals surface area contributed by atoms with Crippen molar-refractivity contribution in [1.29, 1.82) is 0 Å². The van der Waals surface area contributed by atoms with E-state index < -0.39 is 65.7 Å². The van der Waals surface area contributed by atoms with E-state index in [9.17, 15) is 24.3 Å². The molecule has 2 N–H and O–H groups in total. The smallest absolute Gasteiger partial charge is 0.409 e. The second-order valence-electron chi connectivity index (χ2n) is 17.4. The largest absolute Gasteiger partial charge is 0.495 e. The molecule has 1 aromatic carbocycles. The highest BCUT2D eigenvalue weighted by Gasteiger charge is 2.64. The number of thioether (sulfide) groups is 1. The molecule has 3 aliphatic heterocycles. The van der Waals surface area contributed by atoms with Gasteiger partial charge in [-0.25, -0.2) is 9.59 Å². The summed E-state index contributed by atoms with van der Waals surface area (Å²) in [6.45, 7) is 17.7. The molecule has 0 radical (unpaired) electrons. The molecule has 3 amide bonds. The number of nitrogens with one attached hydrogen (secondary N) is 1. The Morgan fingerprint density at radius 2 is 1.86 bits per heavy atom. The minimum atomic E-state index is -1.83. The Hall–Kier alpha value is -3.30. The van der Waals surface area contributed by atoms with Gasteiger partial charge in [0.05, 0.1) is 25.3 Å². The summed E-state index contributed by atoms with van der Waals surface area (Å²) in [5, 5.41) is 14.5. The Kier molecular flexibility index (Phi) is 14.6. The molecule has 0 aromatic heterocycles. The van der Waals surface area contributed by atoms with Crippen molar-refractivity contribution in [3.63, 3.8) is 0 Å². The van der Waals surface area contributed by atoms with Crippen LogP contribution in [0.1, 0.15) is 93.6 Å². The number of fused-ring (bicyclic) bond motifs is 5. The zero-order valence-corrected chi connectivity index (χ0v) is 37.3. The van der Waals surface area contributed by atoms with Gasteiger partial charge >= 0.3 is 12.1 Å². The van der Waals surface area contributed by atoms with Crippen LogP contribution in [0.4, 0.5) is 10.5 Å². The zero-order chi connectivity index (χ0) is 42.8. The van der Waals surface area contributed by atoms with E-state index in [4.69, 9.17) is 35.3 Å². The van der Waals surface area contributed by atoms with Crippen LogP contribution in [0.3, 0.4) is 0 Å². The van der Waals surface area contributed by atoms with Crippen LogP contribution in [-0.4, -0.2) is 113 Å². The lowest BCUT2D eigenvalue weighted by molar-refractivity contribution is -0.162. The third-order valence-corrected chi connectivity index (χ3v) is 12.8. The Morgan fingerprint density at radius 3 is 2.47 bits per heavy atom. The fraction of sp³-hybridized carbons (Fsp3) is 0.667. The van der Waals surface area contributed by atoms with E-state index in [0.29, 0.717) is 24.3 Å². The number of halogens is 1. The lowest BCUT2D eigenvalue weighted by Gasteiger charge is -2.42. The van der Waals surface area contributed by atoms with Crippen molar-refractivity contribution in [2.75, 3.05) is 33.2 Å². The van der Waals surface area contributed by atoms with Crippen molar-refractivity contribution < 1.29 is 48.0 Å². The minimum Gasteiger partial charge on any atom is -0.495 e. The summed E-state index contributed by atoms with van der Waals surface area (Å²) in [5.41, 5.74) is -0.908. The second kappa shape index (κ2) is 17.9. The molecular weight excluding hydrogens is 774 g/mol. The van der Waals surface area contributed by atoms with E-state index in [1.165, 1.54) is 24.0 Å². The molecule has 0 spiro atoms. The number of nitrogens with zero attached hydrogens (tertiary/aromatic N) is 2. The van der Waals surface area contributed by atoms with E-state index in [2.05, 4.69) is 39.9 Å². The number of ether oxygens (including phenoxy) is 5. The Balaban J connectivity index is 1.69. The van der Waals surface area contributed by atoms with Gasteiger partial charge in [0.2, 0.25) is 11.8 Å². The fourth-order valence-electron chi connectivity index (χ4n) is 7.68. The first-order valence-electron chi connectivity index (χ1n) is 19.4. The van der Waals surface area contributed by atoms with Crippen LogP contribution in [0.5, 0.6) is 5.75 Å². The molecule has 318 valence electrons. The molecule has 1 aromatic rings. The second-order valence-corrected chi connectivity index (χ2v) is 20.3. The number of anilines is 1. The zero-order valence-electron chi connectivity index (χ0n) is 35.7. The molecule has 0 unspecified atom stereocenters. The van der Waals surface area contributed by atoms with Crippen molar-refractivity contribution in [1.82, 2.24) is 10.2 Å². The van der Waals surface area contributed by atoms with Gasteiger partial charge < -0.3 is 38.6 Å². The summed E-state index contributed by atoms with van der Waals surface area (Å²) in [5.74, 6) is -1.50. The molecule has 3 aliphatic rings. The Labute approximate surface area is 347 Å². The van der Waals surface area contributed by atoms with Gasteiger partial charge in [-0.05, 0) is 51.3 Å². The molecule has 2 saturated heterocycles. The molecule has 8 atom stereocenters. The first-order valence-corrected chi connectivity index (χ1v) is 20.6. The third-order valence-electron chi connectivity index (χ3n) is 11.0. The van der Waals surface area contributed by atoms with Gasteiger partial charge in [-0.3, -0.25) is 14.9 Å². The van der Waals surface area contributed by atoms with Gasteiger partial charge in [0.25, 0.3) is 0 Å². The number of rotatable bonds is 9. The highest BCUT2D eigenvalue weighted by Crippen LogP contribution is 2.49. The number of allylic oxidation sites excluding steroid dienone is 3. The number of methoxy groups -OCH3 is 2. The number of carbonyl (C=O) groups excluding carboxylic acids is 4. The summed E-state index contributed by atoms with van der Waals surface area (Å²) in [6, 6.07) is 2.62. The van der Waals surface area contributed by atoms with Gasteiger partial charge in [0.1, 0.15) is 40.7 Å². The van der Waals surface area contributed by atoms with Crippen molar-refractivity contribution >= 4 is 52.9 Å². The average Bonchev–Trinajstić information content (AvgIpc) is 3.81. The monoisotopic (exact) mass is 835 g/mol. The SMILES string of the molecule is COc1cc2cc(c1Cl)N(C)C(=O)C[C@H](OC(=O)[C@H](C)N(C)C(=O)CCC(C)(C)SC(C)(C)C)[C@]1(C)O[C@H]1[C@H](C)[C@@H]1C[C@@](O)(NC(=O)O1)[C@H](OC)/C=C/C=C(\C)C2. The number of hydrogen-bond acceptors (Lipinski definition) is 11. The van der Waals surface area contributed by atoms with Gasteiger partial charge in [-0.15, -0.1) is 11.8 Å².